The van der Waals surface area contributed by atoms with Gasteiger partial charge in [0.2, 0.25) is 0 Å². The van der Waals surface area contributed by atoms with Gasteiger partial charge in [0, 0.05) is 0 Å². The minimum atomic E-state index is -4.73. The normalized spacial score (nSPS) is 38.6. The van der Waals surface area contributed by atoms with Crippen LogP contribution in [0.15, 0.2) is 0 Å². The Morgan fingerprint density at radius 2 is 1.65 bits per heavy atom. The maximum Gasteiger partial charge on any atom is 1.00 e. The Labute approximate surface area is 141 Å². The van der Waals surface area contributed by atoms with E-state index in [1.807, 2.05) is 0 Å². The number of rotatable bonds is 3. The van der Waals surface area contributed by atoms with E-state index in [4.69, 9.17) is 20.0 Å². The molecule has 17 heavy (non-hydrogen) atoms. The fourth-order valence-electron chi connectivity index (χ4n) is 1.24. The van der Waals surface area contributed by atoms with Crippen molar-refractivity contribution >= 4 is 7.82 Å². The van der Waals surface area contributed by atoms with E-state index >= 15 is 0 Å². The molecule has 1 fully saturated rings. The van der Waals surface area contributed by atoms with E-state index in [1.54, 1.807) is 0 Å². The average Bonchev–Trinajstić information content (AvgIpc) is 2.17. The maximum atomic E-state index is 10.4. The van der Waals surface area contributed by atoms with Gasteiger partial charge >= 0.3 is 59.2 Å². The van der Waals surface area contributed by atoms with Crippen molar-refractivity contribution in [2.75, 3.05) is 6.61 Å². The zero-order valence-electron chi connectivity index (χ0n) is 9.95. The zero-order chi connectivity index (χ0) is 12.5. The van der Waals surface area contributed by atoms with Crippen molar-refractivity contribution < 1.29 is 96.8 Å². The second-order valence-corrected chi connectivity index (χ2v) is 4.56. The first-order valence-electron chi connectivity index (χ1n) is 4.30. The molecule has 1 aliphatic heterocycles. The van der Waals surface area contributed by atoms with Crippen LogP contribution in [-0.2, 0) is 13.8 Å². The smallest absolute Gasteiger partial charge is 1.00 e. The summed E-state index contributed by atoms with van der Waals surface area (Å²) in [5.74, 6) is 0. The molecule has 0 aliphatic carbocycles. The summed E-state index contributed by atoms with van der Waals surface area (Å²) in [6.07, 6.45) is -8.11. The molecule has 0 aromatic heterocycles. The average molecular weight is 300 g/mol. The first-order chi connectivity index (χ1) is 7.22. The van der Waals surface area contributed by atoms with Gasteiger partial charge in [0.15, 0.2) is 6.29 Å². The molecule has 5 atom stereocenters. The number of phosphoric acid groups is 1. The van der Waals surface area contributed by atoms with E-state index in [1.165, 1.54) is 0 Å². The third kappa shape index (κ3) is 5.59. The molecule has 6 N–H and O–H groups in total. The monoisotopic (exact) mass is 300 g/mol. The van der Waals surface area contributed by atoms with Crippen LogP contribution in [0.2, 0.25) is 0 Å². The second kappa shape index (κ2) is 7.36. The predicted octanol–water partition coefficient (Wildman–Crippen LogP) is -5.99. The minimum Gasteiger partial charge on any atom is -1.00 e. The summed E-state index contributed by atoms with van der Waals surface area (Å²) in [6.45, 7) is -0.730. The van der Waals surface area contributed by atoms with E-state index in [0.717, 1.165) is 0 Å². The van der Waals surface area contributed by atoms with Gasteiger partial charge in [-0.05, 0) is 0 Å². The summed E-state index contributed by atoms with van der Waals surface area (Å²) in [5.41, 5.74) is 0. The standard InChI is InChI=1S/C6H13O9P.K.H/c7-3-2(1-14-16(11,12)13)15-6(10)5(9)4(3)8;;/h2-10H,1H2,(H2,11,12,13);;/q;+1;-1/t2-,3-,4+,5-,6+;;/m1../s1. The predicted molar refractivity (Wildman–Crippen MR) is 48.0 cm³/mol. The summed E-state index contributed by atoms with van der Waals surface area (Å²) in [5, 5.41) is 36.7. The van der Waals surface area contributed by atoms with Crippen LogP contribution in [0.4, 0.5) is 0 Å². The molecular formula is C6H14KO9P. The molecule has 0 unspecified atom stereocenters. The Hall–Kier alpha value is 1.55. The molecule has 0 aromatic carbocycles. The van der Waals surface area contributed by atoms with Crippen molar-refractivity contribution in [1.29, 1.82) is 0 Å². The second-order valence-electron chi connectivity index (χ2n) is 3.32. The topological polar surface area (TPSA) is 157 Å². The van der Waals surface area contributed by atoms with Gasteiger partial charge in [0.05, 0.1) is 6.61 Å². The van der Waals surface area contributed by atoms with Gasteiger partial charge in [-0.2, -0.15) is 0 Å². The zero-order valence-corrected chi connectivity index (χ0v) is 13.0. The van der Waals surface area contributed by atoms with Crippen molar-refractivity contribution in [2.24, 2.45) is 0 Å². The van der Waals surface area contributed by atoms with Crippen LogP contribution in [0.25, 0.3) is 0 Å². The number of ether oxygens (including phenoxy) is 1. The van der Waals surface area contributed by atoms with Gasteiger partial charge < -0.3 is 36.4 Å². The molecule has 1 saturated heterocycles. The van der Waals surface area contributed by atoms with Gasteiger partial charge in [-0.25, -0.2) is 4.57 Å². The quantitative estimate of drug-likeness (QED) is 0.220. The molecule has 11 heteroatoms. The van der Waals surface area contributed by atoms with E-state index in [-0.39, 0.29) is 52.8 Å². The molecule has 0 aromatic rings. The molecule has 9 nitrogen and oxygen atoms in total. The first-order valence-corrected chi connectivity index (χ1v) is 5.83. The fourth-order valence-corrected chi connectivity index (χ4v) is 1.58. The van der Waals surface area contributed by atoms with Crippen LogP contribution < -0.4 is 51.4 Å². The molecule has 1 aliphatic rings. The van der Waals surface area contributed by atoms with E-state index in [0.29, 0.717) is 0 Å². The number of hydrogen-bond donors (Lipinski definition) is 6. The summed E-state index contributed by atoms with van der Waals surface area (Å²) in [4.78, 5) is 16.8. The molecule has 0 amide bonds. The SMILES string of the molecule is O=P(O)(O)OC[C@H]1O[C@H](O)[C@H](O)[C@@H](O)[C@@H]1O.[H-].[K+]. The Morgan fingerprint density at radius 1 is 1.12 bits per heavy atom. The third-order valence-electron chi connectivity index (χ3n) is 2.09. The van der Waals surface area contributed by atoms with Crippen molar-refractivity contribution in [3.8, 4) is 0 Å². The Bertz CT molecular complexity index is 288. The Morgan fingerprint density at radius 3 is 2.12 bits per heavy atom. The van der Waals surface area contributed by atoms with Gasteiger partial charge in [0.25, 0.3) is 0 Å². The molecule has 0 radical (unpaired) electrons. The number of aliphatic hydroxyl groups excluding tert-OH is 4. The van der Waals surface area contributed by atoms with Crippen LogP contribution in [0.1, 0.15) is 1.43 Å². The number of hydrogen-bond acceptors (Lipinski definition) is 7. The maximum absolute atomic E-state index is 10.4. The molecule has 0 bridgehead atoms. The molecule has 0 spiro atoms. The van der Waals surface area contributed by atoms with Gasteiger partial charge in [-0.3, -0.25) is 4.52 Å². The summed E-state index contributed by atoms with van der Waals surface area (Å²) >= 11 is 0. The van der Waals surface area contributed by atoms with Crippen molar-refractivity contribution in [1.82, 2.24) is 0 Å². The van der Waals surface area contributed by atoms with E-state index in [9.17, 15) is 14.8 Å². The van der Waals surface area contributed by atoms with E-state index < -0.39 is 45.1 Å². The van der Waals surface area contributed by atoms with Crippen molar-refractivity contribution in [3.05, 3.63) is 0 Å². The van der Waals surface area contributed by atoms with Crippen molar-refractivity contribution in [3.63, 3.8) is 0 Å². The molecule has 98 valence electrons. The molecule has 1 rings (SSSR count). The van der Waals surface area contributed by atoms with Crippen LogP contribution in [0.3, 0.4) is 0 Å². The summed E-state index contributed by atoms with van der Waals surface area (Å²) < 4.78 is 19.0. The van der Waals surface area contributed by atoms with Crippen LogP contribution >= 0.6 is 7.82 Å². The Balaban J connectivity index is 0. The first kappa shape index (κ1) is 18.5. The van der Waals surface area contributed by atoms with E-state index in [2.05, 4.69) is 9.26 Å². The molecular weight excluding hydrogens is 286 g/mol. The Kier molecular flexibility index (Phi) is 8.03. The third-order valence-corrected chi connectivity index (χ3v) is 2.58. The molecule has 0 saturated carbocycles. The summed E-state index contributed by atoms with van der Waals surface area (Å²) in [6, 6.07) is 0. The van der Waals surface area contributed by atoms with Crippen LogP contribution in [0, 0.1) is 0 Å². The summed E-state index contributed by atoms with van der Waals surface area (Å²) in [7, 11) is -4.73. The van der Waals surface area contributed by atoms with Crippen molar-refractivity contribution in [2.45, 2.75) is 30.7 Å². The van der Waals surface area contributed by atoms with Gasteiger partial charge in [0.1, 0.15) is 24.4 Å². The number of phosphoric ester groups is 1. The number of aliphatic hydroxyl groups is 4. The van der Waals surface area contributed by atoms with Crippen LogP contribution in [0.5, 0.6) is 0 Å². The molecule has 1 heterocycles. The largest absolute Gasteiger partial charge is 1.00 e. The van der Waals surface area contributed by atoms with Crippen LogP contribution in [-0.4, -0.2) is 67.5 Å². The van der Waals surface area contributed by atoms with Gasteiger partial charge in [-0.1, -0.05) is 0 Å². The van der Waals surface area contributed by atoms with Gasteiger partial charge in [-0.15, -0.1) is 0 Å². The fraction of sp³-hybridized carbons (Fsp3) is 1.00. The minimum absolute atomic E-state index is 0.